The van der Waals surface area contributed by atoms with Gasteiger partial charge in [0.15, 0.2) is 0 Å². The molecule has 160 valence electrons. The van der Waals surface area contributed by atoms with Crippen LogP contribution >= 0.6 is 0 Å². The number of nitrogens with zero attached hydrogens (tertiary/aromatic N) is 5. The van der Waals surface area contributed by atoms with E-state index >= 15 is 0 Å². The first-order valence-corrected chi connectivity index (χ1v) is 11.2. The van der Waals surface area contributed by atoms with Crippen LogP contribution in [0.4, 0.5) is 17.3 Å². The van der Waals surface area contributed by atoms with E-state index in [1.807, 2.05) is 6.07 Å². The van der Waals surface area contributed by atoms with E-state index in [1.165, 1.54) is 18.3 Å². The Balaban J connectivity index is 1.52. The first kappa shape index (κ1) is 20.6. The van der Waals surface area contributed by atoms with Crippen LogP contribution in [0.1, 0.15) is 51.0 Å². The molecule has 1 unspecified atom stereocenters. The van der Waals surface area contributed by atoms with Gasteiger partial charge in [-0.15, -0.1) is 0 Å². The highest BCUT2D eigenvalue weighted by molar-refractivity contribution is 5.71. The number of nitro groups is 1. The SMILES string of the molecule is CCC1CCCCN1c1ncnc(N2CCC(Cc3ccccc3)CC2)c1[N+](=O)[O-]. The number of hydrogen-bond donors (Lipinski definition) is 0. The number of hydrogen-bond acceptors (Lipinski definition) is 6. The third-order valence-electron chi connectivity index (χ3n) is 6.62. The van der Waals surface area contributed by atoms with Crippen LogP contribution in [0.25, 0.3) is 0 Å². The van der Waals surface area contributed by atoms with Crippen molar-refractivity contribution in [3.63, 3.8) is 0 Å². The molecule has 0 spiro atoms. The van der Waals surface area contributed by atoms with Crippen molar-refractivity contribution in [2.24, 2.45) is 5.92 Å². The summed E-state index contributed by atoms with van der Waals surface area (Å²) in [5.74, 6) is 1.60. The van der Waals surface area contributed by atoms with Crippen molar-refractivity contribution in [1.29, 1.82) is 0 Å². The van der Waals surface area contributed by atoms with E-state index in [4.69, 9.17) is 0 Å². The highest BCUT2D eigenvalue weighted by Gasteiger charge is 2.34. The van der Waals surface area contributed by atoms with Gasteiger partial charge in [0.2, 0.25) is 11.6 Å². The molecule has 0 amide bonds. The average molecular weight is 410 g/mol. The van der Waals surface area contributed by atoms with E-state index in [9.17, 15) is 10.1 Å². The second kappa shape index (κ2) is 9.41. The minimum absolute atomic E-state index is 0.0827. The minimum Gasteiger partial charge on any atom is -0.351 e. The number of piperidine rings is 2. The normalized spacial score (nSPS) is 20.4. The lowest BCUT2D eigenvalue weighted by atomic mass is 9.90. The van der Waals surface area contributed by atoms with Gasteiger partial charge in [-0.2, -0.15) is 0 Å². The lowest BCUT2D eigenvalue weighted by Gasteiger charge is -2.37. The third-order valence-corrected chi connectivity index (χ3v) is 6.62. The number of benzene rings is 1. The number of aromatic nitrogens is 2. The van der Waals surface area contributed by atoms with E-state index < -0.39 is 0 Å². The summed E-state index contributed by atoms with van der Waals surface area (Å²) in [7, 11) is 0. The quantitative estimate of drug-likeness (QED) is 0.512. The van der Waals surface area contributed by atoms with Crippen molar-refractivity contribution in [2.75, 3.05) is 29.4 Å². The topological polar surface area (TPSA) is 75.4 Å². The van der Waals surface area contributed by atoms with Crippen LogP contribution in [0.3, 0.4) is 0 Å². The molecule has 0 saturated carbocycles. The Hall–Kier alpha value is -2.70. The van der Waals surface area contributed by atoms with E-state index in [2.05, 4.69) is 51.0 Å². The minimum atomic E-state index is -0.276. The molecule has 1 aromatic heterocycles. The molecule has 0 aliphatic carbocycles. The average Bonchev–Trinajstić information content (AvgIpc) is 2.79. The van der Waals surface area contributed by atoms with Gasteiger partial charge in [-0.25, -0.2) is 9.97 Å². The van der Waals surface area contributed by atoms with Crippen LogP contribution in [0.5, 0.6) is 0 Å². The van der Waals surface area contributed by atoms with Crippen molar-refractivity contribution < 1.29 is 4.92 Å². The molecule has 0 bridgehead atoms. The van der Waals surface area contributed by atoms with Crippen LogP contribution in [-0.2, 0) is 6.42 Å². The Morgan fingerprint density at radius 3 is 2.47 bits per heavy atom. The summed E-state index contributed by atoms with van der Waals surface area (Å²) in [6.45, 7) is 4.57. The molecular weight excluding hydrogens is 378 g/mol. The van der Waals surface area contributed by atoms with Gasteiger partial charge in [0, 0.05) is 25.7 Å². The maximum Gasteiger partial charge on any atom is 0.353 e. The molecule has 2 fully saturated rings. The standard InChI is InChI=1S/C23H31N5O2/c1-2-20-10-6-7-13-27(20)23-21(28(29)30)22(24-17-25-23)26-14-11-19(12-15-26)16-18-8-4-3-5-9-18/h3-5,8-9,17,19-20H,2,6-7,10-16H2,1H3. The molecule has 2 aliphatic rings. The zero-order valence-electron chi connectivity index (χ0n) is 17.7. The summed E-state index contributed by atoms with van der Waals surface area (Å²) in [5, 5.41) is 12.1. The van der Waals surface area contributed by atoms with Gasteiger partial charge >= 0.3 is 5.69 Å². The molecule has 2 saturated heterocycles. The monoisotopic (exact) mass is 409 g/mol. The van der Waals surface area contributed by atoms with Gasteiger partial charge in [0.25, 0.3) is 0 Å². The largest absolute Gasteiger partial charge is 0.353 e. The van der Waals surface area contributed by atoms with E-state index in [1.54, 1.807) is 0 Å². The fourth-order valence-electron chi connectivity index (χ4n) is 4.97. The fraction of sp³-hybridized carbons (Fsp3) is 0.565. The van der Waals surface area contributed by atoms with Crippen LogP contribution in [0.2, 0.25) is 0 Å². The second-order valence-corrected chi connectivity index (χ2v) is 8.50. The molecule has 0 N–H and O–H groups in total. The summed E-state index contributed by atoms with van der Waals surface area (Å²) in [6, 6.07) is 10.9. The van der Waals surface area contributed by atoms with E-state index in [-0.39, 0.29) is 10.6 Å². The molecule has 7 nitrogen and oxygen atoms in total. The van der Waals surface area contributed by atoms with Crippen molar-refractivity contribution in [3.8, 4) is 0 Å². The highest BCUT2D eigenvalue weighted by Crippen LogP contribution is 2.38. The van der Waals surface area contributed by atoms with Crippen molar-refractivity contribution in [2.45, 2.75) is 57.9 Å². The highest BCUT2D eigenvalue weighted by atomic mass is 16.6. The maximum absolute atomic E-state index is 12.1. The lowest BCUT2D eigenvalue weighted by Crippen LogP contribution is -2.41. The molecule has 30 heavy (non-hydrogen) atoms. The molecule has 3 heterocycles. The number of rotatable bonds is 6. The first-order chi connectivity index (χ1) is 14.7. The molecule has 7 heteroatoms. The zero-order chi connectivity index (χ0) is 20.9. The Morgan fingerprint density at radius 2 is 1.77 bits per heavy atom. The summed E-state index contributed by atoms with van der Waals surface area (Å²) in [4.78, 5) is 24.8. The van der Waals surface area contributed by atoms with Crippen LogP contribution in [0, 0.1) is 16.0 Å². The van der Waals surface area contributed by atoms with E-state index in [0.29, 0.717) is 23.6 Å². The summed E-state index contributed by atoms with van der Waals surface area (Å²) >= 11 is 0. The van der Waals surface area contributed by atoms with Crippen LogP contribution < -0.4 is 9.80 Å². The Morgan fingerprint density at radius 1 is 1.03 bits per heavy atom. The van der Waals surface area contributed by atoms with Gasteiger partial charge in [-0.1, -0.05) is 37.3 Å². The van der Waals surface area contributed by atoms with Crippen LogP contribution in [0.15, 0.2) is 36.7 Å². The molecule has 2 aliphatic heterocycles. The Kier molecular flexibility index (Phi) is 6.45. The first-order valence-electron chi connectivity index (χ1n) is 11.2. The fourth-order valence-corrected chi connectivity index (χ4v) is 4.97. The van der Waals surface area contributed by atoms with Gasteiger partial charge in [0.1, 0.15) is 6.33 Å². The molecule has 1 atom stereocenters. The molecule has 1 aromatic carbocycles. The second-order valence-electron chi connectivity index (χ2n) is 8.50. The smallest absolute Gasteiger partial charge is 0.351 e. The molecule has 2 aromatic rings. The van der Waals surface area contributed by atoms with Crippen LogP contribution in [-0.4, -0.2) is 40.6 Å². The van der Waals surface area contributed by atoms with Crippen molar-refractivity contribution in [3.05, 3.63) is 52.3 Å². The molecule has 4 rings (SSSR count). The molecular formula is C23H31N5O2. The maximum atomic E-state index is 12.1. The Bertz CT molecular complexity index is 852. The predicted octanol–water partition coefficient (Wildman–Crippen LogP) is 4.61. The molecule has 0 radical (unpaired) electrons. The van der Waals surface area contributed by atoms with Gasteiger partial charge in [-0.05, 0) is 56.4 Å². The van der Waals surface area contributed by atoms with Crippen molar-refractivity contribution >= 4 is 17.3 Å². The van der Waals surface area contributed by atoms with Gasteiger partial charge in [-0.3, -0.25) is 10.1 Å². The van der Waals surface area contributed by atoms with Gasteiger partial charge in [0.05, 0.1) is 4.92 Å². The Labute approximate surface area is 178 Å². The zero-order valence-corrected chi connectivity index (χ0v) is 17.7. The summed E-state index contributed by atoms with van der Waals surface area (Å²) in [6.07, 6.45) is 8.89. The lowest BCUT2D eigenvalue weighted by molar-refractivity contribution is -0.383. The van der Waals surface area contributed by atoms with Gasteiger partial charge < -0.3 is 9.80 Å². The summed E-state index contributed by atoms with van der Waals surface area (Å²) in [5.41, 5.74) is 1.45. The van der Waals surface area contributed by atoms with E-state index in [0.717, 1.165) is 58.2 Å². The third kappa shape index (κ3) is 4.40. The van der Waals surface area contributed by atoms with Crippen molar-refractivity contribution in [1.82, 2.24) is 9.97 Å². The predicted molar refractivity (Wildman–Crippen MR) is 119 cm³/mol. The number of anilines is 2. The summed E-state index contributed by atoms with van der Waals surface area (Å²) < 4.78 is 0.